The Morgan fingerprint density at radius 1 is 1.37 bits per heavy atom. The van der Waals surface area contributed by atoms with Crippen molar-refractivity contribution in [3.05, 3.63) is 23.4 Å². The second kappa shape index (κ2) is 5.57. The highest BCUT2D eigenvalue weighted by Gasteiger charge is 2.27. The van der Waals surface area contributed by atoms with Gasteiger partial charge in [0.1, 0.15) is 5.82 Å². The summed E-state index contributed by atoms with van der Waals surface area (Å²) >= 11 is 0. The minimum atomic E-state index is -0.954. The number of carboxylic acid groups (broad SMARTS) is 1. The summed E-state index contributed by atoms with van der Waals surface area (Å²) in [5, 5.41) is 19.1. The summed E-state index contributed by atoms with van der Waals surface area (Å²) in [5.41, 5.74) is 0.909. The lowest BCUT2D eigenvalue weighted by atomic mass is 9.91. The van der Waals surface area contributed by atoms with Crippen molar-refractivity contribution >= 4 is 11.8 Å². The first-order valence-corrected chi connectivity index (χ1v) is 6.62. The number of anilines is 1. The molecule has 1 heterocycles. The van der Waals surface area contributed by atoms with Crippen LogP contribution < -0.4 is 4.90 Å². The maximum atomic E-state index is 11.1. The van der Waals surface area contributed by atoms with Crippen LogP contribution in [-0.2, 0) is 0 Å². The molecule has 2 unspecified atom stereocenters. The van der Waals surface area contributed by atoms with E-state index in [0.29, 0.717) is 11.5 Å². The minimum absolute atomic E-state index is 0.0182. The van der Waals surface area contributed by atoms with Crippen molar-refractivity contribution < 1.29 is 15.0 Å². The first kappa shape index (κ1) is 13.8. The van der Waals surface area contributed by atoms with Crippen molar-refractivity contribution in [2.75, 3.05) is 11.9 Å². The number of pyridine rings is 1. The van der Waals surface area contributed by atoms with Gasteiger partial charge >= 0.3 is 5.97 Å². The van der Waals surface area contributed by atoms with E-state index in [1.807, 2.05) is 11.9 Å². The fourth-order valence-corrected chi connectivity index (χ4v) is 2.67. The van der Waals surface area contributed by atoms with E-state index in [4.69, 9.17) is 5.11 Å². The van der Waals surface area contributed by atoms with E-state index in [0.717, 1.165) is 25.7 Å². The highest BCUT2D eigenvalue weighted by molar-refractivity contribution is 5.88. The molecule has 1 saturated carbocycles. The van der Waals surface area contributed by atoms with Gasteiger partial charge in [-0.1, -0.05) is 12.8 Å². The molecule has 19 heavy (non-hydrogen) atoms. The van der Waals surface area contributed by atoms with E-state index in [1.165, 1.54) is 0 Å². The molecule has 1 aliphatic rings. The summed E-state index contributed by atoms with van der Waals surface area (Å²) < 4.78 is 0. The second-order valence-electron chi connectivity index (χ2n) is 5.19. The first-order valence-electron chi connectivity index (χ1n) is 6.62. The molecule has 2 N–H and O–H groups in total. The molecule has 1 aromatic rings. The Morgan fingerprint density at radius 2 is 2.05 bits per heavy atom. The van der Waals surface area contributed by atoms with Crippen molar-refractivity contribution in [2.45, 2.75) is 44.8 Å². The fraction of sp³-hybridized carbons (Fsp3) is 0.571. The van der Waals surface area contributed by atoms with Gasteiger partial charge in [0, 0.05) is 12.7 Å². The number of aromatic carboxylic acids is 1. The number of aryl methyl sites for hydroxylation is 1. The Labute approximate surface area is 112 Å². The average Bonchev–Trinajstić information content (AvgIpc) is 2.37. The Kier molecular flexibility index (Phi) is 4.04. The molecule has 0 amide bonds. The Balaban J connectivity index is 2.27. The molecule has 2 atom stereocenters. The average molecular weight is 264 g/mol. The van der Waals surface area contributed by atoms with E-state index < -0.39 is 5.97 Å². The molecule has 1 aromatic heterocycles. The smallest absolute Gasteiger partial charge is 0.335 e. The number of aromatic nitrogens is 1. The Hall–Kier alpha value is -1.62. The number of likely N-dealkylation sites (N-methyl/N-ethyl adjacent to an activating group) is 1. The van der Waals surface area contributed by atoms with Crippen molar-refractivity contribution in [3.8, 4) is 0 Å². The molecule has 1 fully saturated rings. The third-order valence-electron chi connectivity index (χ3n) is 3.74. The highest BCUT2D eigenvalue weighted by atomic mass is 16.4. The molecule has 0 aromatic carbocycles. The van der Waals surface area contributed by atoms with E-state index in [-0.39, 0.29) is 17.7 Å². The number of nitrogens with zero attached hydrogens (tertiary/aromatic N) is 2. The molecule has 0 spiro atoms. The maximum absolute atomic E-state index is 11.1. The van der Waals surface area contributed by atoms with Crippen LogP contribution in [0.2, 0.25) is 0 Å². The highest BCUT2D eigenvalue weighted by Crippen LogP contribution is 2.26. The zero-order valence-corrected chi connectivity index (χ0v) is 11.3. The van der Waals surface area contributed by atoms with Crippen LogP contribution in [0.4, 0.5) is 5.82 Å². The number of carbonyl (C=O) groups is 1. The van der Waals surface area contributed by atoms with Crippen LogP contribution in [0.25, 0.3) is 0 Å². The standard InChI is InChI=1S/C14H20N2O3/c1-9-7-10(14(18)19)8-13(15-9)16(2)11-5-3-4-6-12(11)17/h7-8,11-12,17H,3-6H2,1-2H3,(H,18,19). The molecular formula is C14H20N2O3. The molecular weight excluding hydrogens is 244 g/mol. The first-order chi connectivity index (χ1) is 8.99. The molecule has 0 saturated heterocycles. The molecule has 5 heteroatoms. The van der Waals surface area contributed by atoms with Crippen LogP contribution in [0.1, 0.15) is 41.7 Å². The third-order valence-corrected chi connectivity index (χ3v) is 3.74. The molecule has 1 aliphatic carbocycles. The van der Waals surface area contributed by atoms with Crippen LogP contribution in [0.5, 0.6) is 0 Å². The largest absolute Gasteiger partial charge is 0.478 e. The van der Waals surface area contributed by atoms with Gasteiger partial charge in [-0.25, -0.2) is 9.78 Å². The van der Waals surface area contributed by atoms with Gasteiger partial charge in [-0.15, -0.1) is 0 Å². The normalized spacial score (nSPS) is 23.1. The van der Waals surface area contributed by atoms with Gasteiger partial charge in [0.05, 0.1) is 17.7 Å². The van der Waals surface area contributed by atoms with Gasteiger partial charge in [-0.2, -0.15) is 0 Å². The number of aliphatic hydroxyl groups excluding tert-OH is 1. The van der Waals surface area contributed by atoms with Gasteiger partial charge in [-0.05, 0) is 31.9 Å². The second-order valence-corrected chi connectivity index (χ2v) is 5.19. The summed E-state index contributed by atoms with van der Waals surface area (Å²) in [5.74, 6) is -0.340. The van der Waals surface area contributed by atoms with Crippen molar-refractivity contribution in [1.29, 1.82) is 0 Å². The zero-order chi connectivity index (χ0) is 14.0. The number of rotatable bonds is 3. The summed E-state index contributed by atoms with van der Waals surface area (Å²) in [6.07, 6.45) is 3.48. The lowest BCUT2D eigenvalue weighted by Crippen LogP contribution is -2.43. The van der Waals surface area contributed by atoms with E-state index in [2.05, 4.69) is 4.98 Å². The lowest BCUT2D eigenvalue weighted by molar-refractivity contribution is 0.0696. The molecule has 0 aliphatic heterocycles. The van der Waals surface area contributed by atoms with Crippen molar-refractivity contribution in [3.63, 3.8) is 0 Å². The minimum Gasteiger partial charge on any atom is -0.478 e. The number of hydrogen-bond donors (Lipinski definition) is 2. The van der Waals surface area contributed by atoms with Crippen molar-refractivity contribution in [1.82, 2.24) is 4.98 Å². The van der Waals surface area contributed by atoms with Gasteiger partial charge in [0.15, 0.2) is 0 Å². The lowest BCUT2D eigenvalue weighted by Gasteiger charge is -2.36. The van der Waals surface area contributed by atoms with Crippen LogP contribution in [0.3, 0.4) is 0 Å². The van der Waals surface area contributed by atoms with Gasteiger partial charge in [0.25, 0.3) is 0 Å². The fourth-order valence-electron chi connectivity index (χ4n) is 2.67. The quantitative estimate of drug-likeness (QED) is 0.871. The maximum Gasteiger partial charge on any atom is 0.335 e. The van der Waals surface area contributed by atoms with Crippen LogP contribution in [0, 0.1) is 6.92 Å². The number of carboxylic acids is 1. The van der Waals surface area contributed by atoms with E-state index >= 15 is 0 Å². The molecule has 0 radical (unpaired) electrons. The topological polar surface area (TPSA) is 73.7 Å². The van der Waals surface area contributed by atoms with Crippen LogP contribution >= 0.6 is 0 Å². The molecule has 5 nitrogen and oxygen atoms in total. The predicted octanol–water partition coefficient (Wildman–Crippen LogP) is 1.83. The third kappa shape index (κ3) is 3.04. The summed E-state index contributed by atoms with van der Waals surface area (Å²) in [7, 11) is 1.87. The molecule has 0 bridgehead atoms. The monoisotopic (exact) mass is 264 g/mol. The molecule has 2 rings (SSSR count). The summed E-state index contributed by atoms with van der Waals surface area (Å²) in [6, 6.07) is 3.14. The van der Waals surface area contributed by atoms with Gasteiger partial charge in [0.2, 0.25) is 0 Å². The van der Waals surface area contributed by atoms with Gasteiger partial charge < -0.3 is 15.1 Å². The Morgan fingerprint density at radius 3 is 2.68 bits per heavy atom. The zero-order valence-electron chi connectivity index (χ0n) is 11.3. The Bertz CT molecular complexity index is 476. The SMILES string of the molecule is Cc1cc(C(=O)O)cc(N(C)C2CCCCC2O)n1. The van der Waals surface area contributed by atoms with E-state index in [1.54, 1.807) is 19.1 Å². The van der Waals surface area contributed by atoms with Crippen LogP contribution in [0.15, 0.2) is 12.1 Å². The van der Waals surface area contributed by atoms with Crippen molar-refractivity contribution in [2.24, 2.45) is 0 Å². The van der Waals surface area contributed by atoms with Gasteiger partial charge in [-0.3, -0.25) is 0 Å². The van der Waals surface area contributed by atoms with E-state index in [9.17, 15) is 9.90 Å². The number of aliphatic hydroxyl groups is 1. The van der Waals surface area contributed by atoms with Crippen LogP contribution in [-0.4, -0.2) is 40.4 Å². The summed E-state index contributed by atoms with van der Waals surface area (Å²) in [4.78, 5) is 17.4. The summed E-state index contributed by atoms with van der Waals surface area (Å²) in [6.45, 7) is 1.78. The number of hydrogen-bond acceptors (Lipinski definition) is 4. The molecule has 104 valence electrons. The predicted molar refractivity (Wildman–Crippen MR) is 72.6 cm³/mol.